The lowest BCUT2D eigenvalue weighted by molar-refractivity contribution is -0.383. The van der Waals surface area contributed by atoms with Gasteiger partial charge in [0.2, 0.25) is 0 Å². The maximum absolute atomic E-state index is 13.2. The molecule has 158 valence electrons. The summed E-state index contributed by atoms with van der Waals surface area (Å²) in [6, 6.07) is 7.97. The number of esters is 1. The normalized spacial score (nSPS) is 10.9. The molecule has 0 aliphatic heterocycles. The first-order valence-electron chi connectivity index (χ1n) is 9.58. The number of benzene rings is 2. The molecular formula is C21H23N3O6. The molecule has 30 heavy (non-hydrogen) atoms. The summed E-state index contributed by atoms with van der Waals surface area (Å²) in [5.74, 6) is 0.197. The van der Waals surface area contributed by atoms with E-state index in [-0.39, 0.29) is 28.0 Å². The molecule has 0 atom stereocenters. The van der Waals surface area contributed by atoms with Crippen molar-refractivity contribution in [3.63, 3.8) is 0 Å². The molecule has 0 bridgehead atoms. The minimum absolute atomic E-state index is 0.151. The second-order valence-electron chi connectivity index (χ2n) is 6.79. The van der Waals surface area contributed by atoms with E-state index in [9.17, 15) is 19.7 Å². The molecule has 9 nitrogen and oxygen atoms in total. The number of unbranched alkanes of at least 4 members (excludes halogenated alkanes) is 2. The Labute approximate surface area is 172 Å². The fourth-order valence-corrected chi connectivity index (χ4v) is 3.43. The second kappa shape index (κ2) is 9.25. The maximum Gasteiger partial charge on any atom is 0.305 e. The van der Waals surface area contributed by atoms with Crippen LogP contribution < -0.4 is 15.5 Å². The number of para-hydroxylation sites is 1. The van der Waals surface area contributed by atoms with Crippen LogP contribution in [-0.2, 0) is 9.53 Å². The van der Waals surface area contributed by atoms with Crippen LogP contribution in [0.25, 0.3) is 21.8 Å². The summed E-state index contributed by atoms with van der Waals surface area (Å²) >= 11 is 0. The summed E-state index contributed by atoms with van der Waals surface area (Å²) in [7, 11) is 2.84. The zero-order chi connectivity index (χ0) is 21.7. The third kappa shape index (κ3) is 4.19. The van der Waals surface area contributed by atoms with E-state index in [1.165, 1.54) is 20.3 Å². The van der Waals surface area contributed by atoms with E-state index < -0.39 is 4.92 Å². The number of aromatic amines is 1. The minimum Gasteiger partial charge on any atom is -0.495 e. The molecule has 0 fully saturated rings. The van der Waals surface area contributed by atoms with Gasteiger partial charge < -0.3 is 19.8 Å². The number of hydrogen-bond donors (Lipinski definition) is 2. The molecule has 2 N–H and O–H groups in total. The number of rotatable bonds is 9. The van der Waals surface area contributed by atoms with Gasteiger partial charge >= 0.3 is 5.97 Å². The summed E-state index contributed by atoms with van der Waals surface area (Å²) in [5.41, 5.74) is 0.598. The predicted octanol–water partition coefficient (Wildman–Crippen LogP) is 3.74. The van der Waals surface area contributed by atoms with Gasteiger partial charge in [0.25, 0.3) is 5.69 Å². The van der Waals surface area contributed by atoms with Gasteiger partial charge in [0.1, 0.15) is 11.3 Å². The smallest absolute Gasteiger partial charge is 0.305 e. The van der Waals surface area contributed by atoms with Crippen LogP contribution in [0.4, 0.5) is 11.4 Å². The van der Waals surface area contributed by atoms with E-state index in [1.807, 2.05) is 0 Å². The molecule has 0 saturated heterocycles. The van der Waals surface area contributed by atoms with Gasteiger partial charge in [0, 0.05) is 30.1 Å². The van der Waals surface area contributed by atoms with E-state index >= 15 is 0 Å². The van der Waals surface area contributed by atoms with E-state index in [1.54, 1.807) is 24.3 Å². The lowest BCUT2D eigenvalue weighted by Crippen LogP contribution is -2.11. The van der Waals surface area contributed by atoms with E-state index in [4.69, 9.17) is 4.74 Å². The summed E-state index contributed by atoms with van der Waals surface area (Å²) in [6.45, 7) is 0.559. The van der Waals surface area contributed by atoms with Gasteiger partial charge in [-0.05, 0) is 31.0 Å². The summed E-state index contributed by atoms with van der Waals surface area (Å²) in [5, 5.41) is 15.4. The van der Waals surface area contributed by atoms with Crippen LogP contribution in [-0.4, -0.2) is 36.6 Å². The second-order valence-corrected chi connectivity index (χ2v) is 6.79. The van der Waals surface area contributed by atoms with Crippen molar-refractivity contribution < 1.29 is 19.2 Å². The topological polar surface area (TPSA) is 124 Å². The van der Waals surface area contributed by atoms with Gasteiger partial charge in [-0.15, -0.1) is 0 Å². The number of pyridine rings is 1. The van der Waals surface area contributed by atoms with E-state index in [2.05, 4.69) is 15.0 Å². The predicted molar refractivity (Wildman–Crippen MR) is 114 cm³/mol. The first-order valence-corrected chi connectivity index (χ1v) is 9.58. The highest BCUT2D eigenvalue weighted by atomic mass is 16.6. The third-order valence-corrected chi connectivity index (χ3v) is 4.95. The molecule has 1 heterocycles. The molecule has 9 heteroatoms. The van der Waals surface area contributed by atoms with Crippen molar-refractivity contribution in [3.8, 4) is 5.75 Å². The number of H-pyrrole nitrogens is 1. The Balaban J connectivity index is 1.95. The number of hydrogen-bond acceptors (Lipinski definition) is 7. The number of nitrogens with one attached hydrogen (secondary N) is 2. The maximum atomic E-state index is 13.2. The number of nitrogens with zero attached hydrogens (tertiary/aromatic N) is 1. The molecule has 0 unspecified atom stereocenters. The van der Waals surface area contributed by atoms with Crippen LogP contribution in [0.3, 0.4) is 0 Å². The van der Waals surface area contributed by atoms with Gasteiger partial charge in [-0.1, -0.05) is 12.5 Å². The summed E-state index contributed by atoms with van der Waals surface area (Å²) in [6.07, 6.45) is 2.66. The standard InChI is InChI=1S/C21H23N3O6/c1-29-16-8-6-7-13-19(16)23-20-15(24(27)28)11-10-14(18(20)21(13)26)22-12-5-3-4-9-17(25)30-2/h6-8,10-11,22H,3-5,9,12H2,1-2H3,(H,23,26). The number of non-ortho nitro benzene ring substituents is 1. The molecule has 2 aromatic carbocycles. The highest BCUT2D eigenvalue weighted by Gasteiger charge is 2.20. The molecule has 1 aromatic heterocycles. The Hall–Kier alpha value is -3.62. The first-order chi connectivity index (χ1) is 14.5. The highest BCUT2D eigenvalue weighted by Crippen LogP contribution is 2.32. The average Bonchev–Trinajstić information content (AvgIpc) is 2.75. The number of fused-ring (bicyclic) bond motifs is 2. The Kier molecular flexibility index (Phi) is 6.51. The number of methoxy groups -OCH3 is 2. The molecule has 3 rings (SSSR count). The quantitative estimate of drug-likeness (QED) is 0.180. The zero-order valence-electron chi connectivity index (χ0n) is 16.8. The van der Waals surface area contributed by atoms with Crippen molar-refractivity contribution in [2.45, 2.75) is 25.7 Å². The van der Waals surface area contributed by atoms with Crippen molar-refractivity contribution in [3.05, 3.63) is 50.7 Å². The van der Waals surface area contributed by atoms with E-state index in [0.29, 0.717) is 41.7 Å². The van der Waals surface area contributed by atoms with Crippen molar-refractivity contribution in [1.82, 2.24) is 4.98 Å². The van der Waals surface area contributed by atoms with Crippen molar-refractivity contribution in [2.75, 3.05) is 26.1 Å². The third-order valence-electron chi connectivity index (χ3n) is 4.95. The Bertz CT molecular complexity index is 1150. The molecule has 3 aromatic rings. The lowest BCUT2D eigenvalue weighted by Gasteiger charge is -2.12. The number of nitro groups is 1. The fraction of sp³-hybridized carbons (Fsp3) is 0.333. The Morgan fingerprint density at radius 3 is 2.63 bits per heavy atom. The summed E-state index contributed by atoms with van der Waals surface area (Å²) in [4.78, 5) is 38.4. The van der Waals surface area contributed by atoms with Crippen molar-refractivity contribution in [1.29, 1.82) is 0 Å². The number of carbonyl (C=O) groups is 1. The van der Waals surface area contributed by atoms with Gasteiger partial charge in [-0.3, -0.25) is 19.7 Å². The number of carbonyl (C=O) groups excluding carboxylic acids is 1. The molecule has 0 radical (unpaired) electrons. The van der Waals surface area contributed by atoms with Crippen LogP contribution in [0, 0.1) is 10.1 Å². The van der Waals surface area contributed by atoms with Crippen LogP contribution in [0.5, 0.6) is 5.75 Å². The summed E-state index contributed by atoms with van der Waals surface area (Å²) < 4.78 is 9.91. The van der Waals surface area contributed by atoms with Gasteiger partial charge in [0.05, 0.1) is 30.0 Å². The van der Waals surface area contributed by atoms with Crippen LogP contribution in [0.1, 0.15) is 25.7 Å². The molecule has 0 amide bonds. The Morgan fingerprint density at radius 2 is 1.93 bits per heavy atom. The average molecular weight is 413 g/mol. The monoisotopic (exact) mass is 413 g/mol. The number of ether oxygens (including phenoxy) is 2. The zero-order valence-corrected chi connectivity index (χ0v) is 16.8. The molecule has 0 aliphatic carbocycles. The number of anilines is 1. The van der Waals surface area contributed by atoms with E-state index in [0.717, 1.165) is 12.8 Å². The van der Waals surface area contributed by atoms with Crippen molar-refractivity contribution >= 4 is 39.1 Å². The number of nitro benzene ring substituents is 1. The van der Waals surface area contributed by atoms with Crippen LogP contribution >= 0.6 is 0 Å². The lowest BCUT2D eigenvalue weighted by atomic mass is 10.1. The van der Waals surface area contributed by atoms with Gasteiger partial charge in [-0.2, -0.15) is 0 Å². The minimum atomic E-state index is -0.518. The fourth-order valence-electron chi connectivity index (χ4n) is 3.43. The highest BCUT2D eigenvalue weighted by molar-refractivity contribution is 6.04. The number of aromatic nitrogens is 1. The van der Waals surface area contributed by atoms with Gasteiger partial charge in [-0.25, -0.2) is 0 Å². The molecule has 0 saturated carbocycles. The largest absolute Gasteiger partial charge is 0.495 e. The molecular weight excluding hydrogens is 390 g/mol. The van der Waals surface area contributed by atoms with Crippen LogP contribution in [0.2, 0.25) is 0 Å². The molecule has 0 spiro atoms. The van der Waals surface area contributed by atoms with Gasteiger partial charge in [0.15, 0.2) is 5.43 Å². The first kappa shape index (κ1) is 21.1. The van der Waals surface area contributed by atoms with Crippen molar-refractivity contribution in [2.24, 2.45) is 0 Å². The van der Waals surface area contributed by atoms with Crippen LogP contribution in [0.15, 0.2) is 35.1 Å². The SMILES string of the molecule is COC(=O)CCCCCNc1ccc([N+](=O)[O-])c2[nH]c3c(OC)cccc3c(=O)c12. The molecule has 0 aliphatic rings. The Morgan fingerprint density at radius 1 is 1.13 bits per heavy atom.